The highest BCUT2D eigenvalue weighted by atomic mass is 15.3. The van der Waals surface area contributed by atoms with Crippen LogP contribution in [0.5, 0.6) is 0 Å². The Morgan fingerprint density at radius 2 is 2.12 bits per heavy atom. The van der Waals surface area contributed by atoms with Gasteiger partial charge in [-0.3, -0.25) is 4.68 Å². The van der Waals surface area contributed by atoms with E-state index < -0.39 is 0 Å². The fraction of sp³-hybridized carbons (Fsp3) is 0.267. The van der Waals surface area contributed by atoms with Gasteiger partial charge in [-0.1, -0.05) is 36.9 Å². The first kappa shape index (κ1) is 10.3. The maximum Gasteiger partial charge on any atom is 0.0848 e. The molecule has 2 aromatic rings. The maximum atomic E-state index is 4.54. The summed E-state index contributed by atoms with van der Waals surface area (Å²) >= 11 is 0. The van der Waals surface area contributed by atoms with Gasteiger partial charge in [0.05, 0.1) is 5.69 Å². The van der Waals surface area contributed by atoms with E-state index in [1.165, 1.54) is 24.1 Å². The molecular formula is C15H16N2. The number of fused-ring (bicyclic) bond motifs is 1. The molecule has 1 aromatic heterocycles. The van der Waals surface area contributed by atoms with Crippen molar-refractivity contribution >= 4 is 6.08 Å². The third kappa shape index (κ3) is 1.80. The van der Waals surface area contributed by atoms with E-state index in [0.29, 0.717) is 5.92 Å². The van der Waals surface area contributed by atoms with E-state index in [1.54, 1.807) is 0 Å². The van der Waals surface area contributed by atoms with Crippen LogP contribution in [0.4, 0.5) is 0 Å². The summed E-state index contributed by atoms with van der Waals surface area (Å²) in [6, 6.07) is 12.9. The fourth-order valence-corrected chi connectivity index (χ4v) is 2.63. The second-order valence-electron chi connectivity index (χ2n) is 4.53. The highest BCUT2D eigenvalue weighted by Crippen LogP contribution is 2.33. The molecule has 0 aliphatic carbocycles. The van der Waals surface area contributed by atoms with Crippen LogP contribution in [-0.2, 0) is 6.54 Å². The Morgan fingerprint density at radius 1 is 1.29 bits per heavy atom. The Kier molecular flexibility index (Phi) is 2.56. The Morgan fingerprint density at radius 3 is 2.88 bits per heavy atom. The third-order valence-electron chi connectivity index (χ3n) is 3.46. The fourth-order valence-electron chi connectivity index (χ4n) is 2.63. The quantitative estimate of drug-likeness (QED) is 0.764. The van der Waals surface area contributed by atoms with Crippen molar-refractivity contribution in [1.29, 1.82) is 0 Å². The van der Waals surface area contributed by atoms with Gasteiger partial charge in [0.15, 0.2) is 0 Å². The van der Waals surface area contributed by atoms with Crippen LogP contribution in [0.15, 0.2) is 43.0 Å². The highest BCUT2D eigenvalue weighted by Gasteiger charge is 2.23. The van der Waals surface area contributed by atoms with Crippen molar-refractivity contribution in [2.45, 2.75) is 25.3 Å². The second-order valence-corrected chi connectivity index (χ2v) is 4.53. The minimum atomic E-state index is 0.492. The van der Waals surface area contributed by atoms with Crippen LogP contribution in [0.25, 0.3) is 6.08 Å². The zero-order chi connectivity index (χ0) is 11.7. The van der Waals surface area contributed by atoms with E-state index in [0.717, 1.165) is 12.2 Å². The van der Waals surface area contributed by atoms with Crippen LogP contribution in [0.3, 0.4) is 0 Å². The normalized spacial score (nSPS) is 18.7. The molecule has 1 aliphatic rings. The van der Waals surface area contributed by atoms with Crippen LogP contribution in [0, 0.1) is 0 Å². The minimum Gasteiger partial charge on any atom is -0.268 e. The van der Waals surface area contributed by atoms with Crippen molar-refractivity contribution in [2.24, 2.45) is 0 Å². The first-order chi connectivity index (χ1) is 8.38. The van der Waals surface area contributed by atoms with Crippen LogP contribution in [-0.4, -0.2) is 9.78 Å². The van der Waals surface area contributed by atoms with Crippen LogP contribution >= 0.6 is 0 Å². The Bertz CT molecular complexity index is 525. The summed E-state index contributed by atoms with van der Waals surface area (Å²) in [5.74, 6) is 0.492. The lowest BCUT2D eigenvalue weighted by molar-refractivity contribution is 0.453. The summed E-state index contributed by atoms with van der Waals surface area (Å²) in [5, 5.41) is 4.54. The molecule has 2 heterocycles. The first-order valence-corrected chi connectivity index (χ1v) is 6.13. The van der Waals surface area contributed by atoms with Crippen LogP contribution < -0.4 is 0 Å². The smallest absolute Gasteiger partial charge is 0.0848 e. The van der Waals surface area contributed by atoms with Gasteiger partial charge in [0.1, 0.15) is 0 Å². The number of hydrogen-bond acceptors (Lipinski definition) is 1. The van der Waals surface area contributed by atoms with Crippen molar-refractivity contribution in [1.82, 2.24) is 9.78 Å². The largest absolute Gasteiger partial charge is 0.268 e. The van der Waals surface area contributed by atoms with E-state index in [1.807, 2.05) is 6.08 Å². The van der Waals surface area contributed by atoms with Gasteiger partial charge in [-0.05, 0) is 30.5 Å². The number of aryl methyl sites for hydroxylation is 1. The maximum absolute atomic E-state index is 4.54. The molecule has 0 amide bonds. The van der Waals surface area contributed by atoms with Gasteiger partial charge >= 0.3 is 0 Å². The first-order valence-electron chi connectivity index (χ1n) is 6.13. The molecule has 0 spiro atoms. The molecule has 0 saturated carbocycles. The Balaban J connectivity index is 2.04. The molecular weight excluding hydrogens is 208 g/mol. The zero-order valence-corrected chi connectivity index (χ0v) is 9.84. The number of hydrogen-bond donors (Lipinski definition) is 0. The van der Waals surface area contributed by atoms with Gasteiger partial charge in [-0.15, -0.1) is 0 Å². The SMILES string of the molecule is C=Cc1cc2n(n1)CCCC2c1ccccc1. The monoisotopic (exact) mass is 224 g/mol. The molecule has 1 aliphatic heterocycles. The molecule has 17 heavy (non-hydrogen) atoms. The van der Waals surface area contributed by atoms with Gasteiger partial charge in [-0.25, -0.2) is 0 Å². The minimum absolute atomic E-state index is 0.492. The van der Waals surface area contributed by atoms with Crippen molar-refractivity contribution < 1.29 is 0 Å². The van der Waals surface area contributed by atoms with Gasteiger partial charge in [0, 0.05) is 18.2 Å². The number of nitrogens with zero attached hydrogens (tertiary/aromatic N) is 2. The highest BCUT2D eigenvalue weighted by molar-refractivity contribution is 5.44. The number of benzene rings is 1. The summed E-state index contributed by atoms with van der Waals surface area (Å²) < 4.78 is 2.14. The summed E-state index contributed by atoms with van der Waals surface area (Å²) in [7, 11) is 0. The van der Waals surface area contributed by atoms with E-state index in [4.69, 9.17) is 0 Å². The average molecular weight is 224 g/mol. The summed E-state index contributed by atoms with van der Waals surface area (Å²) in [6.45, 7) is 4.83. The Hall–Kier alpha value is -1.83. The van der Waals surface area contributed by atoms with Crippen molar-refractivity contribution in [3.05, 3.63) is 59.9 Å². The lowest BCUT2D eigenvalue weighted by Gasteiger charge is -2.23. The molecule has 0 saturated heterocycles. The molecule has 0 N–H and O–H groups in total. The summed E-state index contributed by atoms with van der Waals surface area (Å²) in [4.78, 5) is 0. The molecule has 0 fully saturated rings. The predicted octanol–water partition coefficient (Wildman–Crippen LogP) is 3.45. The molecule has 1 atom stereocenters. The predicted molar refractivity (Wildman–Crippen MR) is 69.8 cm³/mol. The van der Waals surface area contributed by atoms with Crippen LogP contribution in [0.2, 0.25) is 0 Å². The summed E-state index contributed by atoms with van der Waals surface area (Å²) in [6.07, 6.45) is 4.24. The Labute approximate surface area is 102 Å². The molecule has 1 aromatic carbocycles. The third-order valence-corrected chi connectivity index (χ3v) is 3.46. The van der Waals surface area contributed by atoms with E-state index >= 15 is 0 Å². The van der Waals surface area contributed by atoms with Gasteiger partial charge in [-0.2, -0.15) is 5.10 Å². The summed E-state index contributed by atoms with van der Waals surface area (Å²) in [5.41, 5.74) is 3.71. The molecule has 3 rings (SSSR count). The van der Waals surface area contributed by atoms with Crippen molar-refractivity contribution in [3.8, 4) is 0 Å². The van der Waals surface area contributed by atoms with E-state index in [9.17, 15) is 0 Å². The zero-order valence-electron chi connectivity index (χ0n) is 9.84. The molecule has 0 radical (unpaired) electrons. The molecule has 1 unspecified atom stereocenters. The number of rotatable bonds is 2. The molecule has 0 bridgehead atoms. The lowest BCUT2D eigenvalue weighted by Crippen LogP contribution is -2.16. The van der Waals surface area contributed by atoms with Crippen molar-refractivity contribution in [2.75, 3.05) is 0 Å². The molecule has 86 valence electrons. The molecule has 2 heteroatoms. The van der Waals surface area contributed by atoms with Gasteiger partial charge in [0.25, 0.3) is 0 Å². The van der Waals surface area contributed by atoms with Gasteiger partial charge < -0.3 is 0 Å². The van der Waals surface area contributed by atoms with Gasteiger partial charge in [0.2, 0.25) is 0 Å². The number of aromatic nitrogens is 2. The van der Waals surface area contributed by atoms with Crippen LogP contribution in [0.1, 0.15) is 35.7 Å². The average Bonchev–Trinajstić information content (AvgIpc) is 2.82. The standard InChI is InChI=1S/C15H16N2/c1-2-13-11-15-14(9-6-10-17(15)16-13)12-7-4-3-5-8-12/h2-5,7-8,11,14H,1,6,9-10H2. The molecule has 2 nitrogen and oxygen atoms in total. The lowest BCUT2D eigenvalue weighted by atomic mass is 9.89. The topological polar surface area (TPSA) is 17.8 Å². The van der Waals surface area contributed by atoms with Crippen molar-refractivity contribution in [3.63, 3.8) is 0 Å². The second kappa shape index (κ2) is 4.21. The van der Waals surface area contributed by atoms with E-state index in [2.05, 4.69) is 52.8 Å². The van der Waals surface area contributed by atoms with E-state index in [-0.39, 0.29) is 0 Å².